The van der Waals surface area contributed by atoms with Gasteiger partial charge in [0, 0.05) is 0 Å². The van der Waals surface area contributed by atoms with E-state index in [0.717, 1.165) is 6.61 Å². The van der Waals surface area contributed by atoms with Crippen LogP contribution < -0.4 is 0 Å². The van der Waals surface area contributed by atoms with Gasteiger partial charge in [0.1, 0.15) is 0 Å². The second-order valence-corrected chi connectivity index (χ2v) is 3.99. The first-order valence-electron chi connectivity index (χ1n) is 3.26. The number of epoxide rings is 1. The van der Waals surface area contributed by atoms with Gasteiger partial charge in [0.15, 0.2) is 0 Å². The fourth-order valence-corrected chi connectivity index (χ4v) is 2.00. The standard InChI is InChI=1S/C7H12O/c1-6(2)3-7(4-6)5-8-7/h3-5H2,1-2H3. The van der Waals surface area contributed by atoms with E-state index in [1.165, 1.54) is 12.8 Å². The van der Waals surface area contributed by atoms with E-state index in [0.29, 0.717) is 11.0 Å². The molecule has 0 aromatic rings. The van der Waals surface area contributed by atoms with Gasteiger partial charge >= 0.3 is 0 Å². The Hall–Kier alpha value is -0.0400. The Labute approximate surface area is 50.0 Å². The maximum absolute atomic E-state index is 5.27. The molecule has 2 fully saturated rings. The topological polar surface area (TPSA) is 12.5 Å². The highest BCUT2D eigenvalue weighted by atomic mass is 16.6. The lowest BCUT2D eigenvalue weighted by molar-refractivity contribution is 0.0548. The highest BCUT2D eigenvalue weighted by Crippen LogP contribution is 2.56. The molecule has 0 aromatic heterocycles. The minimum atomic E-state index is 0.406. The minimum Gasteiger partial charge on any atom is -0.370 e. The van der Waals surface area contributed by atoms with Crippen LogP contribution >= 0.6 is 0 Å². The zero-order chi connectivity index (χ0) is 5.83. The van der Waals surface area contributed by atoms with Crippen molar-refractivity contribution in [2.45, 2.75) is 32.3 Å². The van der Waals surface area contributed by atoms with Crippen LogP contribution in [-0.4, -0.2) is 12.2 Å². The Kier molecular flexibility index (Phi) is 0.583. The summed E-state index contributed by atoms with van der Waals surface area (Å²) >= 11 is 0. The molecule has 0 radical (unpaired) electrons. The lowest BCUT2D eigenvalue weighted by Gasteiger charge is -2.40. The van der Waals surface area contributed by atoms with Gasteiger partial charge in [-0.2, -0.15) is 0 Å². The van der Waals surface area contributed by atoms with Crippen LogP contribution in [0.25, 0.3) is 0 Å². The van der Waals surface area contributed by atoms with E-state index in [9.17, 15) is 0 Å². The van der Waals surface area contributed by atoms with Crippen molar-refractivity contribution in [2.24, 2.45) is 5.41 Å². The zero-order valence-electron chi connectivity index (χ0n) is 5.53. The molecule has 1 spiro atoms. The Morgan fingerprint density at radius 2 is 1.75 bits per heavy atom. The van der Waals surface area contributed by atoms with E-state index in [-0.39, 0.29) is 0 Å². The van der Waals surface area contributed by atoms with E-state index in [4.69, 9.17) is 4.74 Å². The smallest absolute Gasteiger partial charge is 0.0926 e. The fourth-order valence-electron chi connectivity index (χ4n) is 2.00. The molecule has 0 unspecified atom stereocenters. The largest absolute Gasteiger partial charge is 0.370 e. The van der Waals surface area contributed by atoms with Crippen molar-refractivity contribution in [1.29, 1.82) is 0 Å². The molecule has 8 heavy (non-hydrogen) atoms. The summed E-state index contributed by atoms with van der Waals surface area (Å²) in [5.41, 5.74) is 1.00. The van der Waals surface area contributed by atoms with Gasteiger partial charge in [-0.3, -0.25) is 0 Å². The third-order valence-electron chi connectivity index (χ3n) is 2.15. The maximum Gasteiger partial charge on any atom is 0.0926 e. The van der Waals surface area contributed by atoms with Gasteiger partial charge in [-0.15, -0.1) is 0 Å². The Balaban J connectivity index is 2.00. The van der Waals surface area contributed by atoms with Crippen LogP contribution in [-0.2, 0) is 4.74 Å². The summed E-state index contributed by atoms with van der Waals surface area (Å²) in [7, 11) is 0. The highest BCUT2D eigenvalue weighted by Gasteiger charge is 2.58. The number of hydrogen-bond donors (Lipinski definition) is 0. The predicted octanol–water partition coefficient (Wildman–Crippen LogP) is 1.58. The SMILES string of the molecule is CC1(C)CC2(CO2)C1. The molecule has 46 valence electrons. The summed E-state index contributed by atoms with van der Waals surface area (Å²) in [6, 6.07) is 0. The van der Waals surface area contributed by atoms with Crippen LogP contribution in [0.4, 0.5) is 0 Å². The first kappa shape index (κ1) is 4.80. The van der Waals surface area contributed by atoms with Crippen molar-refractivity contribution in [1.82, 2.24) is 0 Å². The van der Waals surface area contributed by atoms with Crippen LogP contribution in [0.1, 0.15) is 26.7 Å². The van der Waals surface area contributed by atoms with Crippen molar-refractivity contribution in [2.75, 3.05) is 6.61 Å². The van der Waals surface area contributed by atoms with Gasteiger partial charge in [-0.25, -0.2) is 0 Å². The van der Waals surface area contributed by atoms with Gasteiger partial charge in [0.25, 0.3) is 0 Å². The molecule has 0 atom stereocenters. The molecular formula is C7H12O. The van der Waals surface area contributed by atoms with Crippen molar-refractivity contribution >= 4 is 0 Å². The molecule has 1 aliphatic carbocycles. The molecule has 0 amide bonds. The second-order valence-electron chi connectivity index (χ2n) is 3.99. The van der Waals surface area contributed by atoms with Crippen LogP contribution in [0.5, 0.6) is 0 Å². The van der Waals surface area contributed by atoms with Crippen LogP contribution in [0.2, 0.25) is 0 Å². The third-order valence-corrected chi connectivity index (χ3v) is 2.15. The molecular weight excluding hydrogens is 100 g/mol. The lowest BCUT2D eigenvalue weighted by atomic mass is 9.64. The molecule has 1 heterocycles. The predicted molar refractivity (Wildman–Crippen MR) is 31.7 cm³/mol. The molecule has 0 aromatic carbocycles. The summed E-state index contributed by atoms with van der Waals surface area (Å²) < 4.78 is 5.27. The number of hydrogen-bond acceptors (Lipinski definition) is 1. The van der Waals surface area contributed by atoms with Crippen molar-refractivity contribution in [3.05, 3.63) is 0 Å². The molecule has 1 nitrogen and oxygen atoms in total. The minimum absolute atomic E-state index is 0.406. The third kappa shape index (κ3) is 0.510. The van der Waals surface area contributed by atoms with Gasteiger partial charge in [0.2, 0.25) is 0 Å². The fraction of sp³-hybridized carbons (Fsp3) is 1.00. The summed E-state index contributed by atoms with van der Waals surface area (Å²) in [6.07, 6.45) is 2.58. The summed E-state index contributed by atoms with van der Waals surface area (Å²) in [4.78, 5) is 0. The average Bonchev–Trinajstić information content (AvgIpc) is 2.12. The van der Waals surface area contributed by atoms with E-state index in [1.807, 2.05) is 0 Å². The normalized spacial score (nSPS) is 36.8. The molecule has 1 aliphatic heterocycles. The zero-order valence-corrected chi connectivity index (χ0v) is 5.53. The molecule has 1 heteroatoms. The van der Waals surface area contributed by atoms with Gasteiger partial charge < -0.3 is 4.74 Å². The molecule has 0 bridgehead atoms. The van der Waals surface area contributed by atoms with E-state index in [2.05, 4.69) is 13.8 Å². The Morgan fingerprint density at radius 3 is 1.88 bits per heavy atom. The van der Waals surface area contributed by atoms with E-state index in [1.54, 1.807) is 0 Å². The second kappa shape index (κ2) is 0.971. The van der Waals surface area contributed by atoms with Crippen molar-refractivity contribution in [3.63, 3.8) is 0 Å². The first-order chi connectivity index (χ1) is 3.62. The molecule has 2 aliphatic rings. The monoisotopic (exact) mass is 112 g/mol. The van der Waals surface area contributed by atoms with E-state index >= 15 is 0 Å². The highest BCUT2D eigenvalue weighted by molar-refractivity contribution is 5.08. The Morgan fingerprint density at radius 1 is 1.25 bits per heavy atom. The molecule has 1 saturated heterocycles. The van der Waals surface area contributed by atoms with E-state index < -0.39 is 0 Å². The van der Waals surface area contributed by atoms with Crippen molar-refractivity contribution in [3.8, 4) is 0 Å². The molecule has 0 N–H and O–H groups in total. The first-order valence-corrected chi connectivity index (χ1v) is 3.26. The summed E-state index contributed by atoms with van der Waals surface area (Å²) in [5, 5.41) is 0. The average molecular weight is 112 g/mol. The van der Waals surface area contributed by atoms with Gasteiger partial charge in [-0.05, 0) is 18.3 Å². The quantitative estimate of drug-likeness (QED) is 0.433. The summed E-state index contributed by atoms with van der Waals surface area (Å²) in [5.74, 6) is 0. The van der Waals surface area contributed by atoms with Gasteiger partial charge in [0.05, 0.1) is 12.2 Å². The molecule has 1 saturated carbocycles. The van der Waals surface area contributed by atoms with Crippen LogP contribution in [0, 0.1) is 5.41 Å². The number of rotatable bonds is 0. The summed E-state index contributed by atoms with van der Waals surface area (Å²) in [6.45, 7) is 5.65. The lowest BCUT2D eigenvalue weighted by Crippen LogP contribution is -2.38. The van der Waals surface area contributed by atoms with Crippen LogP contribution in [0.3, 0.4) is 0 Å². The van der Waals surface area contributed by atoms with Crippen molar-refractivity contribution < 1.29 is 4.74 Å². The molecule has 2 rings (SSSR count). The maximum atomic E-state index is 5.27. The van der Waals surface area contributed by atoms with Gasteiger partial charge in [-0.1, -0.05) is 13.8 Å². The number of ether oxygens (including phenoxy) is 1. The van der Waals surface area contributed by atoms with Crippen LogP contribution in [0.15, 0.2) is 0 Å². The Bertz CT molecular complexity index is 110.